The van der Waals surface area contributed by atoms with Gasteiger partial charge in [-0.05, 0) is 18.1 Å². The van der Waals surface area contributed by atoms with Gasteiger partial charge in [0, 0.05) is 32.0 Å². The predicted octanol–water partition coefficient (Wildman–Crippen LogP) is 0.0386. The molecule has 0 saturated carbocycles. The standard InChI is InChI=1S/C23H27N7O7/c31-18(27-12-17(20(33)34)28-22(35)37-15-16-6-2-1-3-7-16)13-30-19(32)14-29(23(30)36)11-5-10-26-21-24-8-4-9-25-21/h1-4,6-9,17H,5,10-15H2,(H,27,31)(H,28,35)(H,33,34)(H,24,25,26)/t17-/m0/s1. The fraction of sp³-hybridized carbons (Fsp3) is 0.348. The molecule has 0 aliphatic carbocycles. The molecule has 14 nitrogen and oxygen atoms in total. The summed E-state index contributed by atoms with van der Waals surface area (Å²) >= 11 is 0. The van der Waals surface area contributed by atoms with E-state index in [1.165, 1.54) is 4.90 Å². The Labute approximate surface area is 212 Å². The molecule has 1 aromatic carbocycles. The number of aliphatic carboxylic acids is 1. The molecule has 5 amide bonds. The van der Waals surface area contributed by atoms with Crippen molar-refractivity contribution in [2.24, 2.45) is 0 Å². The van der Waals surface area contributed by atoms with Crippen LogP contribution in [0.3, 0.4) is 0 Å². The number of benzene rings is 1. The third-order valence-corrected chi connectivity index (χ3v) is 5.19. The maximum Gasteiger partial charge on any atom is 0.408 e. The molecule has 0 bridgehead atoms. The molecule has 3 rings (SSSR count). The molecule has 1 fully saturated rings. The van der Waals surface area contributed by atoms with Gasteiger partial charge in [0.15, 0.2) is 0 Å². The second-order valence-electron chi connectivity index (χ2n) is 7.94. The molecule has 0 unspecified atom stereocenters. The lowest BCUT2D eigenvalue weighted by molar-refractivity contribution is -0.139. The molecule has 1 aliphatic rings. The zero-order valence-electron chi connectivity index (χ0n) is 19.8. The Hall–Kier alpha value is -4.75. The maximum atomic E-state index is 12.5. The van der Waals surface area contributed by atoms with Crippen molar-refractivity contribution in [2.75, 3.05) is 38.0 Å². The highest BCUT2D eigenvalue weighted by Gasteiger charge is 2.36. The van der Waals surface area contributed by atoms with Crippen molar-refractivity contribution in [3.05, 3.63) is 54.4 Å². The van der Waals surface area contributed by atoms with E-state index >= 15 is 0 Å². The van der Waals surface area contributed by atoms with Crippen molar-refractivity contribution in [2.45, 2.75) is 19.1 Å². The molecule has 14 heteroatoms. The van der Waals surface area contributed by atoms with Gasteiger partial charge >= 0.3 is 18.1 Å². The second kappa shape index (κ2) is 13.4. The molecule has 37 heavy (non-hydrogen) atoms. The Kier molecular flexibility index (Phi) is 9.70. The van der Waals surface area contributed by atoms with Crippen molar-refractivity contribution in [3.63, 3.8) is 0 Å². The van der Waals surface area contributed by atoms with E-state index in [0.717, 1.165) is 4.90 Å². The Morgan fingerprint density at radius 3 is 2.51 bits per heavy atom. The van der Waals surface area contributed by atoms with E-state index in [2.05, 4.69) is 25.9 Å². The fourth-order valence-electron chi connectivity index (χ4n) is 3.31. The molecule has 1 aliphatic heterocycles. The quantitative estimate of drug-likeness (QED) is 0.211. The first-order valence-corrected chi connectivity index (χ1v) is 11.4. The summed E-state index contributed by atoms with van der Waals surface area (Å²) in [5, 5.41) is 16.8. The number of alkyl carbamates (subject to hydrolysis) is 1. The van der Waals surface area contributed by atoms with E-state index in [1.54, 1.807) is 48.8 Å². The maximum absolute atomic E-state index is 12.5. The van der Waals surface area contributed by atoms with E-state index in [-0.39, 0.29) is 19.7 Å². The minimum Gasteiger partial charge on any atom is -0.480 e. The number of amides is 5. The summed E-state index contributed by atoms with van der Waals surface area (Å²) in [5.41, 5.74) is 0.716. The van der Waals surface area contributed by atoms with E-state index < -0.39 is 49.0 Å². The highest BCUT2D eigenvalue weighted by Crippen LogP contribution is 2.10. The van der Waals surface area contributed by atoms with Crippen LogP contribution in [0.1, 0.15) is 12.0 Å². The lowest BCUT2D eigenvalue weighted by Gasteiger charge is -2.18. The van der Waals surface area contributed by atoms with Gasteiger partial charge in [-0.2, -0.15) is 0 Å². The number of hydrogen-bond acceptors (Lipinski definition) is 9. The second-order valence-corrected chi connectivity index (χ2v) is 7.94. The van der Waals surface area contributed by atoms with Crippen LogP contribution in [-0.4, -0.2) is 93.5 Å². The van der Waals surface area contributed by atoms with Gasteiger partial charge in [0.1, 0.15) is 25.7 Å². The van der Waals surface area contributed by atoms with Crippen LogP contribution in [0.5, 0.6) is 0 Å². The Bertz CT molecular complexity index is 1100. The van der Waals surface area contributed by atoms with Crippen LogP contribution in [0.4, 0.5) is 15.5 Å². The van der Waals surface area contributed by atoms with Gasteiger partial charge in [0.2, 0.25) is 11.9 Å². The first kappa shape index (κ1) is 26.8. The number of carboxylic acids is 1. The molecule has 4 N–H and O–H groups in total. The fourth-order valence-corrected chi connectivity index (χ4v) is 3.31. The van der Waals surface area contributed by atoms with Gasteiger partial charge < -0.3 is 30.7 Å². The smallest absolute Gasteiger partial charge is 0.408 e. The molecule has 2 heterocycles. The van der Waals surface area contributed by atoms with E-state index in [0.29, 0.717) is 24.5 Å². The summed E-state index contributed by atoms with van der Waals surface area (Å²) in [5.74, 6) is -2.25. The molecule has 1 saturated heterocycles. The van der Waals surface area contributed by atoms with Crippen LogP contribution < -0.4 is 16.0 Å². The predicted molar refractivity (Wildman–Crippen MR) is 128 cm³/mol. The molecular weight excluding hydrogens is 486 g/mol. The third-order valence-electron chi connectivity index (χ3n) is 5.19. The average molecular weight is 514 g/mol. The number of nitrogens with one attached hydrogen (secondary N) is 3. The number of urea groups is 1. The van der Waals surface area contributed by atoms with E-state index in [4.69, 9.17) is 4.74 Å². The van der Waals surface area contributed by atoms with Gasteiger partial charge in [0.05, 0.1) is 0 Å². The monoisotopic (exact) mass is 513 g/mol. The van der Waals surface area contributed by atoms with Crippen LogP contribution in [0.2, 0.25) is 0 Å². The Morgan fingerprint density at radius 1 is 1.08 bits per heavy atom. The number of carbonyl (C=O) groups is 5. The zero-order valence-corrected chi connectivity index (χ0v) is 19.8. The molecule has 0 spiro atoms. The van der Waals surface area contributed by atoms with Crippen LogP contribution in [0, 0.1) is 0 Å². The van der Waals surface area contributed by atoms with E-state index in [1.807, 2.05) is 0 Å². The summed E-state index contributed by atoms with van der Waals surface area (Å²) in [7, 11) is 0. The van der Waals surface area contributed by atoms with Crippen LogP contribution in [0.15, 0.2) is 48.8 Å². The summed E-state index contributed by atoms with van der Waals surface area (Å²) in [6.45, 7) is -0.521. The number of nitrogens with zero attached hydrogens (tertiary/aromatic N) is 4. The summed E-state index contributed by atoms with van der Waals surface area (Å²) < 4.78 is 4.99. The number of imide groups is 1. The minimum atomic E-state index is -1.48. The van der Waals surface area contributed by atoms with Gasteiger partial charge in [-0.3, -0.25) is 14.5 Å². The van der Waals surface area contributed by atoms with Gasteiger partial charge in [-0.1, -0.05) is 30.3 Å². The lowest BCUT2D eigenvalue weighted by atomic mass is 10.2. The lowest BCUT2D eigenvalue weighted by Crippen LogP contribution is -2.50. The first-order chi connectivity index (χ1) is 17.8. The molecule has 2 aromatic rings. The average Bonchev–Trinajstić information content (AvgIpc) is 3.16. The van der Waals surface area contributed by atoms with Crippen LogP contribution in [-0.2, 0) is 25.7 Å². The largest absolute Gasteiger partial charge is 0.480 e. The molecule has 1 atom stereocenters. The van der Waals surface area contributed by atoms with Crippen LogP contribution in [0.25, 0.3) is 0 Å². The minimum absolute atomic E-state index is 0.0584. The first-order valence-electron chi connectivity index (χ1n) is 11.4. The highest BCUT2D eigenvalue weighted by molar-refractivity contribution is 6.04. The van der Waals surface area contributed by atoms with Crippen molar-refractivity contribution >= 4 is 35.9 Å². The summed E-state index contributed by atoms with van der Waals surface area (Å²) in [6, 6.07) is 8.39. The molecular formula is C23H27N7O7. The SMILES string of the molecule is O=C(CN1C(=O)CN(CCCNc2ncccn2)C1=O)NC[C@H](NC(=O)OCc1ccccc1)C(=O)O. The third kappa shape index (κ3) is 8.45. The summed E-state index contributed by atoms with van der Waals surface area (Å²) in [6.07, 6.45) is 2.73. The van der Waals surface area contributed by atoms with Crippen molar-refractivity contribution in [1.82, 2.24) is 30.4 Å². The van der Waals surface area contributed by atoms with Crippen molar-refractivity contribution < 1.29 is 33.8 Å². The highest BCUT2D eigenvalue weighted by atomic mass is 16.5. The van der Waals surface area contributed by atoms with Crippen molar-refractivity contribution in [3.8, 4) is 0 Å². The van der Waals surface area contributed by atoms with Gasteiger partial charge in [0.25, 0.3) is 5.91 Å². The number of carbonyl (C=O) groups excluding carboxylic acids is 4. The van der Waals surface area contributed by atoms with E-state index in [9.17, 15) is 29.1 Å². The molecule has 1 aromatic heterocycles. The number of ether oxygens (including phenoxy) is 1. The normalized spacial score (nSPS) is 13.7. The Balaban J connectivity index is 1.39. The van der Waals surface area contributed by atoms with Crippen molar-refractivity contribution in [1.29, 1.82) is 0 Å². The molecule has 196 valence electrons. The topological polar surface area (TPSA) is 183 Å². The number of anilines is 1. The number of aromatic nitrogens is 2. The number of rotatable bonds is 13. The van der Waals surface area contributed by atoms with Gasteiger partial charge in [-0.25, -0.2) is 24.4 Å². The summed E-state index contributed by atoms with van der Waals surface area (Å²) in [4.78, 5) is 70.6. The number of hydrogen-bond donors (Lipinski definition) is 4. The van der Waals surface area contributed by atoms with Gasteiger partial charge in [-0.15, -0.1) is 0 Å². The number of carboxylic acid groups (broad SMARTS) is 1. The molecule has 0 radical (unpaired) electrons. The van der Waals surface area contributed by atoms with Crippen LogP contribution >= 0.6 is 0 Å². The Morgan fingerprint density at radius 2 is 1.81 bits per heavy atom. The zero-order chi connectivity index (χ0) is 26.6.